The summed E-state index contributed by atoms with van der Waals surface area (Å²) in [5, 5.41) is 0.376. The van der Waals surface area contributed by atoms with Gasteiger partial charge >= 0.3 is 0 Å². The SMILES string of the molecule is CCCCN(CC)C(=O)c1cc(Cl)ccc1F. The fourth-order valence-corrected chi connectivity index (χ4v) is 1.76. The predicted octanol–water partition coefficient (Wildman–Crippen LogP) is 3.74. The van der Waals surface area contributed by atoms with Crippen LogP contribution >= 0.6 is 11.6 Å². The van der Waals surface area contributed by atoms with E-state index in [0.29, 0.717) is 18.1 Å². The van der Waals surface area contributed by atoms with E-state index in [2.05, 4.69) is 6.92 Å². The van der Waals surface area contributed by atoms with Crippen LogP contribution in [0, 0.1) is 5.82 Å². The smallest absolute Gasteiger partial charge is 0.256 e. The minimum atomic E-state index is -0.519. The van der Waals surface area contributed by atoms with E-state index in [1.54, 1.807) is 4.90 Å². The summed E-state index contributed by atoms with van der Waals surface area (Å²) in [6.45, 7) is 5.16. The standard InChI is InChI=1S/C13H17ClFNO/c1-3-5-8-16(4-2)13(17)11-9-10(14)6-7-12(11)15/h6-7,9H,3-5,8H2,1-2H3. The first kappa shape index (κ1) is 14.0. The van der Waals surface area contributed by atoms with E-state index in [4.69, 9.17) is 11.6 Å². The highest BCUT2D eigenvalue weighted by Crippen LogP contribution is 2.17. The number of rotatable bonds is 5. The number of halogens is 2. The monoisotopic (exact) mass is 257 g/mol. The second-order valence-electron chi connectivity index (χ2n) is 3.86. The van der Waals surface area contributed by atoms with Gasteiger partial charge < -0.3 is 4.90 Å². The lowest BCUT2D eigenvalue weighted by molar-refractivity contribution is 0.0757. The third kappa shape index (κ3) is 3.70. The highest BCUT2D eigenvalue weighted by Gasteiger charge is 2.17. The molecular formula is C13H17ClFNO. The Hall–Kier alpha value is -1.09. The first-order valence-corrected chi connectivity index (χ1v) is 6.22. The number of unbranched alkanes of at least 4 members (excludes halogenated alkanes) is 1. The molecule has 0 saturated carbocycles. The Kier molecular flexibility index (Phi) is 5.42. The van der Waals surface area contributed by atoms with Crippen molar-refractivity contribution in [3.63, 3.8) is 0 Å². The van der Waals surface area contributed by atoms with Gasteiger partial charge in [-0.1, -0.05) is 24.9 Å². The number of nitrogens with zero attached hydrogens (tertiary/aromatic N) is 1. The van der Waals surface area contributed by atoms with Crippen LogP contribution in [0.15, 0.2) is 18.2 Å². The van der Waals surface area contributed by atoms with Gasteiger partial charge in [0.05, 0.1) is 5.56 Å². The second kappa shape index (κ2) is 6.60. The second-order valence-corrected chi connectivity index (χ2v) is 4.30. The lowest BCUT2D eigenvalue weighted by atomic mass is 10.1. The van der Waals surface area contributed by atoms with Gasteiger partial charge in [0.25, 0.3) is 5.91 Å². The number of carbonyl (C=O) groups is 1. The minimum Gasteiger partial charge on any atom is -0.339 e. The van der Waals surface area contributed by atoms with E-state index >= 15 is 0 Å². The lowest BCUT2D eigenvalue weighted by Crippen LogP contribution is -2.32. The van der Waals surface area contributed by atoms with Crippen LogP contribution in [0.3, 0.4) is 0 Å². The fraction of sp³-hybridized carbons (Fsp3) is 0.462. The average molecular weight is 258 g/mol. The summed E-state index contributed by atoms with van der Waals surface area (Å²) < 4.78 is 13.5. The third-order valence-electron chi connectivity index (χ3n) is 2.61. The van der Waals surface area contributed by atoms with Crippen molar-refractivity contribution < 1.29 is 9.18 Å². The summed E-state index contributed by atoms with van der Waals surface area (Å²) in [7, 11) is 0. The van der Waals surface area contributed by atoms with E-state index in [-0.39, 0.29) is 11.5 Å². The van der Waals surface area contributed by atoms with E-state index in [1.165, 1.54) is 18.2 Å². The Labute approximate surface area is 106 Å². The molecule has 1 aromatic carbocycles. The van der Waals surface area contributed by atoms with Crippen molar-refractivity contribution in [1.29, 1.82) is 0 Å². The molecule has 1 amide bonds. The largest absolute Gasteiger partial charge is 0.339 e. The average Bonchev–Trinajstić information content (AvgIpc) is 2.33. The molecule has 0 atom stereocenters. The molecule has 0 fully saturated rings. The molecule has 4 heteroatoms. The highest BCUT2D eigenvalue weighted by molar-refractivity contribution is 6.30. The molecule has 0 radical (unpaired) electrons. The first-order chi connectivity index (χ1) is 8.10. The predicted molar refractivity (Wildman–Crippen MR) is 67.9 cm³/mol. The van der Waals surface area contributed by atoms with Gasteiger partial charge in [0, 0.05) is 18.1 Å². The number of amides is 1. The van der Waals surface area contributed by atoms with Gasteiger partial charge in [-0.15, -0.1) is 0 Å². The van der Waals surface area contributed by atoms with Gasteiger partial charge in [0.15, 0.2) is 0 Å². The minimum absolute atomic E-state index is 0.0513. The molecule has 0 unspecified atom stereocenters. The summed E-state index contributed by atoms with van der Waals surface area (Å²) in [4.78, 5) is 13.7. The molecule has 0 aliphatic carbocycles. The molecule has 94 valence electrons. The Morgan fingerprint density at radius 2 is 2.12 bits per heavy atom. The van der Waals surface area contributed by atoms with Crippen molar-refractivity contribution in [2.75, 3.05) is 13.1 Å². The molecule has 0 bridgehead atoms. The molecule has 0 saturated heterocycles. The Balaban J connectivity index is 2.89. The van der Waals surface area contributed by atoms with Gasteiger partial charge in [-0.2, -0.15) is 0 Å². The molecule has 0 aliphatic rings. The summed E-state index contributed by atoms with van der Waals surface area (Å²) >= 11 is 5.78. The zero-order valence-electron chi connectivity index (χ0n) is 10.2. The Bertz CT molecular complexity index is 395. The Morgan fingerprint density at radius 3 is 2.71 bits per heavy atom. The number of hydrogen-bond acceptors (Lipinski definition) is 1. The number of hydrogen-bond donors (Lipinski definition) is 0. The van der Waals surface area contributed by atoms with Crippen LogP contribution in [-0.4, -0.2) is 23.9 Å². The maximum Gasteiger partial charge on any atom is 0.256 e. The molecule has 1 rings (SSSR count). The maximum absolute atomic E-state index is 13.5. The van der Waals surface area contributed by atoms with Gasteiger partial charge in [0.2, 0.25) is 0 Å². The highest BCUT2D eigenvalue weighted by atomic mass is 35.5. The molecular weight excluding hydrogens is 241 g/mol. The van der Waals surface area contributed by atoms with E-state index in [9.17, 15) is 9.18 Å². The zero-order chi connectivity index (χ0) is 12.8. The summed E-state index contributed by atoms with van der Waals surface area (Å²) in [5.41, 5.74) is 0.0513. The molecule has 1 aromatic rings. The number of benzene rings is 1. The third-order valence-corrected chi connectivity index (χ3v) is 2.84. The topological polar surface area (TPSA) is 20.3 Å². The summed E-state index contributed by atoms with van der Waals surface area (Å²) in [5.74, 6) is -0.810. The van der Waals surface area contributed by atoms with Crippen LogP contribution in [0.2, 0.25) is 5.02 Å². The molecule has 0 spiro atoms. The van der Waals surface area contributed by atoms with E-state index < -0.39 is 5.82 Å². The van der Waals surface area contributed by atoms with Crippen LogP contribution in [0.5, 0.6) is 0 Å². The molecule has 0 heterocycles. The van der Waals surface area contributed by atoms with Crippen molar-refractivity contribution >= 4 is 17.5 Å². The normalized spacial score (nSPS) is 10.4. The molecule has 0 aromatic heterocycles. The van der Waals surface area contributed by atoms with Crippen LogP contribution in [-0.2, 0) is 0 Å². The molecule has 0 N–H and O–H groups in total. The van der Waals surface area contributed by atoms with Crippen LogP contribution < -0.4 is 0 Å². The molecule has 2 nitrogen and oxygen atoms in total. The van der Waals surface area contributed by atoms with E-state index in [0.717, 1.165) is 12.8 Å². The van der Waals surface area contributed by atoms with Crippen LogP contribution in [0.25, 0.3) is 0 Å². The zero-order valence-corrected chi connectivity index (χ0v) is 10.9. The van der Waals surface area contributed by atoms with Gasteiger partial charge in [-0.05, 0) is 31.5 Å². The van der Waals surface area contributed by atoms with Crippen LogP contribution in [0.1, 0.15) is 37.0 Å². The van der Waals surface area contributed by atoms with Gasteiger partial charge in [-0.3, -0.25) is 4.79 Å². The van der Waals surface area contributed by atoms with Crippen molar-refractivity contribution in [2.24, 2.45) is 0 Å². The quantitative estimate of drug-likeness (QED) is 0.787. The van der Waals surface area contributed by atoms with Gasteiger partial charge in [-0.25, -0.2) is 4.39 Å². The van der Waals surface area contributed by atoms with Gasteiger partial charge in [0.1, 0.15) is 5.82 Å². The molecule has 0 aliphatic heterocycles. The first-order valence-electron chi connectivity index (χ1n) is 5.84. The summed E-state index contributed by atoms with van der Waals surface area (Å²) in [6, 6.07) is 4.05. The number of carbonyl (C=O) groups excluding carboxylic acids is 1. The Morgan fingerprint density at radius 1 is 1.41 bits per heavy atom. The van der Waals surface area contributed by atoms with Crippen molar-refractivity contribution in [1.82, 2.24) is 4.90 Å². The van der Waals surface area contributed by atoms with Crippen molar-refractivity contribution in [2.45, 2.75) is 26.7 Å². The molecule has 17 heavy (non-hydrogen) atoms. The fourth-order valence-electron chi connectivity index (χ4n) is 1.58. The lowest BCUT2D eigenvalue weighted by Gasteiger charge is -2.20. The van der Waals surface area contributed by atoms with Crippen LogP contribution in [0.4, 0.5) is 4.39 Å². The maximum atomic E-state index is 13.5. The van der Waals surface area contributed by atoms with Crippen molar-refractivity contribution in [3.8, 4) is 0 Å². The summed E-state index contributed by atoms with van der Waals surface area (Å²) in [6.07, 6.45) is 1.92. The van der Waals surface area contributed by atoms with Crippen molar-refractivity contribution in [3.05, 3.63) is 34.6 Å². The van der Waals surface area contributed by atoms with E-state index in [1.807, 2.05) is 6.92 Å².